The van der Waals surface area contributed by atoms with Gasteiger partial charge in [0, 0.05) is 12.4 Å². The van der Waals surface area contributed by atoms with E-state index in [1.54, 1.807) is 13.0 Å². The van der Waals surface area contributed by atoms with Crippen LogP contribution in [0.15, 0.2) is 42.7 Å². The van der Waals surface area contributed by atoms with Gasteiger partial charge in [-0.25, -0.2) is 4.98 Å². The molecular formula is C20H16N4O4S. The number of nitrogens with zero attached hydrogens (tertiary/aromatic N) is 3. The molecule has 1 amide bonds. The maximum atomic E-state index is 12.8. The summed E-state index contributed by atoms with van der Waals surface area (Å²) >= 11 is 1.39. The van der Waals surface area contributed by atoms with Crippen molar-refractivity contribution < 1.29 is 19.4 Å². The van der Waals surface area contributed by atoms with Crippen molar-refractivity contribution in [3.63, 3.8) is 0 Å². The van der Waals surface area contributed by atoms with Crippen LogP contribution in [0.3, 0.4) is 0 Å². The highest BCUT2D eigenvalue weighted by molar-refractivity contribution is 7.21. The molecule has 0 spiro atoms. The third-order valence-corrected chi connectivity index (χ3v) is 5.26. The van der Waals surface area contributed by atoms with E-state index in [1.807, 2.05) is 24.3 Å². The van der Waals surface area contributed by atoms with Gasteiger partial charge in [-0.2, -0.15) is 0 Å². The molecule has 146 valence electrons. The van der Waals surface area contributed by atoms with E-state index in [0.29, 0.717) is 16.1 Å². The number of aromatic hydroxyl groups is 1. The van der Waals surface area contributed by atoms with Crippen LogP contribution in [0.4, 0.5) is 0 Å². The number of thiazole rings is 1. The summed E-state index contributed by atoms with van der Waals surface area (Å²) in [6.45, 7) is 1.57. The van der Waals surface area contributed by atoms with Gasteiger partial charge in [-0.3, -0.25) is 19.6 Å². The average Bonchev–Trinajstić information content (AvgIpc) is 3.16. The molecule has 0 atom stereocenters. The molecule has 2 aromatic heterocycles. The highest BCUT2D eigenvalue weighted by atomic mass is 32.1. The molecule has 0 bridgehead atoms. The van der Waals surface area contributed by atoms with Gasteiger partial charge < -0.3 is 15.2 Å². The van der Waals surface area contributed by atoms with Gasteiger partial charge in [-0.15, -0.1) is 11.3 Å². The van der Waals surface area contributed by atoms with Gasteiger partial charge in [-0.05, 0) is 25.1 Å². The van der Waals surface area contributed by atoms with Crippen molar-refractivity contribution in [2.45, 2.75) is 6.92 Å². The largest absolute Gasteiger partial charge is 0.506 e. The molecule has 0 aliphatic carbocycles. The molecule has 0 radical (unpaired) electrons. The van der Waals surface area contributed by atoms with Crippen LogP contribution in [-0.2, 0) is 9.53 Å². The minimum Gasteiger partial charge on any atom is -0.506 e. The van der Waals surface area contributed by atoms with Crippen LogP contribution in [0.1, 0.15) is 17.3 Å². The summed E-state index contributed by atoms with van der Waals surface area (Å²) in [5.74, 6) is -1.49. The zero-order valence-corrected chi connectivity index (χ0v) is 16.2. The van der Waals surface area contributed by atoms with Crippen LogP contribution in [0.5, 0.6) is 5.75 Å². The molecule has 2 aromatic carbocycles. The first-order valence-electron chi connectivity index (χ1n) is 8.85. The smallest absolute Gasteiger partial charge is 0.325 e. The van der Waals surface area contributed by atoms with Crippen molar-refractivity contribution in [2.24, 2.45) is 0 Å². The lowest BCUT2D eigenvalue weighted by molar-refractivity contribution is -0.141. The Morgan fingerprint density at radius 2 is 1.97 bits per heavy atom. The lowest BCUT2D eigenvalue weighted by Gasteiger charge is -2.11. The molecule has 2 heterocycles. The second kappa shape index (κ2) is 7.80. The van der Waals surface area contributed by atoms with E-state index in [9.17, 15) is 14.7 Å². The fourth-order valence-electron chi connectivity index (χ4n) is 2.92. The maximum absolute atomic E-state index is 12.8. The Bertz CT molecular complexity index is 1200. The molecular weight excluding hydrogens is 392 g/mol. The minimum atomic E-state index is -0.649. The number of carbonyl (C=O) groups is 2. The normalized spacial score (nSPS) is 10.9. The van der Waals surface area contributed by atoms with Crippen molar-refractivity contribution in [1.29, 1.82) is 0 Å². The van der Waals surface area contributed by atoms with E-state index in [4.69, 9.17) is 4.74 Å². The van der Waals surface area contributed by atoms with Gasteiger partial charge >= 0.3 is 5.97 Å². The average molecular weight is 408 g/mol. The minimum absolute atomic E-state index is 0.0610. The van der Waals surface area contributed by atoms with Crippen molar-refractivity contribution in [1.82, 2.24) is 20.3 Å². The molecule has 9 heteroatoms. The number of nitrogens with one attached hydrogen (secondary N) is 1. The number of rotatable bonds is 5. The highest BCUT2D eigenvalue weighted by Crippen LogP contribution is 2.39. The Morgan fingerprint density at radius 3 is 2.76 bits per heavy atom. The molecule has 8 nitrogen and oxygen atoms in total. The zero-order valence-electron chi connectivity index (χ0n) is 15.4. The van der Waals surface area contributed by atoms with Gasteiger partial charge in [0.2, 0.25) is 0 Å². The number of hydrogen-bond acceptors (Lipinski definition) is 8. The Kier molecular flexibility index (Phi) is 5.05. The zero-order chi connectivity index (χ0) is 20.4. The Hall–Kier alpha value is -3.59. The molecule has 0 saturated heterocycles. The second-order valence-corrected chi connectivity index (χ2v) is 7.08. The van der Waals surface area contributed by atoms with Crippen molar-refractivity contribution in [2.75, 3.05) is 13.2 Å². The number of para-hydroxylation sites is 1. The number of aromatic nitrogens is 3. The molecule has 4 aromatic rings. The number of ether oxygens (including phenoxy) is 1. The third-order valence-electron chi connectivity index (χ3n) is 4.19. The van der Waals surface area contributed by atoms with Crippen LogP contribution in [-0.4, -0.2) is 45.1 Å². The van der Waals surface area contributed by atoms with Crippen LogP contribution < -0.4 is 5.32 Å². The van der Waals surface area contributed by atoms with Crippen molar-refractivity contribution in [3.05, 3.63) is 48.3 Å². The first-order chi connectivity index (χ1) is 14.1. The number of benzene rings is 2. The summed E-state index contributed by atoms with van der Waals surface area (Å²) < 4.78 is 5.77. The molecule has 0 saturated carbocycles. The highest BCUT2D eigenvalue weighted by Gasteiger charge is 2.23. The predicted octanol–water partition coefficient (Wildman–Crippen LogP) is 2.91. The van der Waals surface area contributed by atoms with E-state index in [1.165, 1.54) is 23.7 Å². The molecule has 2 N–H and O–H groups in total. The van der Waals surface area contributed by atoms with Crippen LogP contribution >= 0.6 is 11.3 Å². The van der Waals surface area contributed by atoms with Crippen LogP contribution in [0, 0.1) is 0 Å². The monoisotopic (exact) mass is 408 g/mol. The predicted molar refractivity (Wildman–Crippen MR) is 109 cm³/mol. The molecule has 0 fully saturated rings. The Morgan fingerprint density at radius 1 is 1.17 bits per heavy atom. The summed E-state index contributed by atoms with van der Waals surface area (Å²) in [6.07, 6.45) is 2.93. The van der Waals surface area contributed by atoms with Crippen molar-refractivity contribution >= 4 is 44.5 Å². The van der Waals surface area contributed by atoms with Gasteiger partial charge in [0.05, 0.1) is 27.9 Å². The first kappa shape index (κ1) is 18.8. The summed E-state index contributed by atoms with van der Waals surface area (Å²) in [4.78, 5) is 37.4. The maximum Gasteiger partial charge on any atom is 0.325 e. The molecule has 29 heavy (non-hydrogen) atoms. The van der Waals surface area contributed by atoms with E-state index in [0.717, 1.165) is 10.2 Å². The van der Waals surface area contributed by atoms with E-state index in [2.05, 4.69) is 20.3 Å². The third kappa shape index (κ3) is 3.59. The number of hydrogen-bond donors (Lipinski definition) is 2. The van der Waals surface area contributed by atoms with Gasteiger partial charge in [0.1, 0.15) is 28.4 Å². The summed E-state index contributed by atoms with van der Waals surface area (Å²) in [7, 11) is 0. The van der Waals surface area contributed by atoms with Crippen LogP contribution in [0.2, 0.25) is 0 Å². The lowest BCUT2D eigenvalue weighted by atomic mass is 10.1. The fourth-order valence-corrected chi connectivity index (χ4v) is 3.90. The van der Waals surface area contributed by atoms with E-state index >= 15 is 0 Å². The number of carbonyl (C=O) groups excluding carboxylic acids is 2. The first-order valence-corrected chi connectivity index (χ1v) is 9.66. The Labute approximate surface area is 169 Å². The summed E-state index contributed by atoms with van der Waals surface area (Å²) in [5.41, 5.74) is 1.77. The fraction of sp³-hybridized carbons (Fsp3) is 0.150. The molecule has 0 unspecified atom stereocenters. The summed E-state index contributed by atoms with van der Waals surface area (Å²) in [6, 6.07) is 9.25. The van der Waals surface area contributed by atoms with E-state index < -0.39 is 11.9 Å². The van der Waals surface area contributed by atoms with Gasteiger partial charge in [-0.1, -0.05) is 12.1 Å². The van der Waals surface area contributed by atoms with Crippen LogP contribution in [0.25, 0.3) is 31.8 Å². The molecule has 0 aliphatic heterocycles. The number of phenols is 1. The number of amides is 1. The van der Waals surface area contributed by atoms with Gasteiger partial charge in [0.15, 0.2) is 0 Å². The van der Waals surface area contributed by atoms with Gasteiger partial charge in [0.25, 0.3) is 5.91 Å². The lowest BCUT2D eigenvalue weighted by Crippen LogP contribution is -2.31. The van der Waals surface area contributed by atoms with E-state index in [-0.39, 0.29) is 30.0 Å². The number of esters is 1. The molecule has 0 aliphatic rings. The molecule has 4 rings (SSSR count). The summed E-state index contributed by atoms with van der Waals surface area (Å²) in [5, 5.41) is 13.9. The SMILES string of the molecule is CCOC(=O)CNC(=O)c1c(O)c(-c2nc3ccccc3s2)cc2nccnc12. The standard InChI is InChI=1S/C20H16N4O4S/c1-2-28-15(25)10-23-19(27)16-17-13(21-7-8-22-17)9-11(18(16)26)20-24-12-5-3-4-6-14(12)29-20/h3-9,26H,2,10H2,1H3,(H,23,27). The van der Waals surface area contributed by atoms with Crippen molar-refractivity contribution in [3.8, 4) is 16.3 Å². The topological polar surface area (TPSA) is 114 Å². The Balaban J connectivity index is 1.81. The quantitative estimate of drug-likeness (QED) is 0.488. The number of phenolic OH excluding ortho intramolecular Hbond substituents is 1. The second-order valence-electron chi connectivity index (χ2n) is 6.05. The number of fused-ring (bicyclic) bond motifs is 2.